The van der Waals surface area contributed by atoms with Gasteiger partial charge in [0, 0.05) is 6.07 Å². The van der Waals surface area contributed by atoms with Crippen molar-refractivity contribution in [1.82, 2.24) is 15.0 Å². The van der Waals surface area contributed by atoms with E-state index in [9.17, 15) is 0 Å². The highest BCUT2D eigenvalue weighted by Crippen LogP contribution is 2.31. The fourth-order valence-corrected chi connectivity index (χ4v) is 2.25. The molecule has 0 saturated heterocycles. The van der Waals surface area contributed by atoms with E-state index in [4.69, 9.17) is 14.7 Å². The largest absolute Gasteiger partial charge is 0.490 e. The summed E-state index contributed by atoms with van der Waals surface area (Å²) in [6.07, 6.45) is 0. The second-order valence-corrected chi connectivity index (χ2v) is 5.00. The van der Waals surface area contributed by atoms with Crippen LogP contribution in [0.15, 0.2) is 18.2 Å². The lowest BCUT2D eigenvalue weighted by Crippen LogP contribution is -2.06. The Morgan fingerprint density at radius 2 is 1.86 bits per heavy atom. The smallest absolute Gasteiger partial charge is 0.186 e. The number of rotatable bonds is 6. The molecule has 0 unspecified atom stereocenters. The van der Waals surface area contributed by atoms with Crippen LogP contribution in [0.1, 0.15) is 45.0 Å². The van der Waals surface area contributed by atoms with Gasteiger partial charge in [-0.15, -0.1) is 5.10 Å². The first-order valence-electron chi connectivity index (χ1n) is 7.38. The van der Waals surface area contributed by atoms with Gasteiger partial charge in [-0.1, -0.05) is 19.1 Å². The van der Waals surface area contributed by atoms with Crippen LogP contribution in [0.4, 0.5) is 0 Å². The summed E-state index contributed by atoms with van der Waals surface area (Å²) in [6, 6.07) is 7.68. The molecule has 1 aromatic carbocycles. The van der Waals surface area contributed by atoms with Crippen molar-refractivity contribution < 1.29 is 9.47 Å². The Morgan fingerprint density at radius 3 is 2.45 bits per heavy atom. The van der Waals surface area contributed by atoms with E-state index in [-0.39, 0.29) is 5.92 Å². The summed E-state index contributed by atoms with van der Waals surface area (Å²) >= 11 is 0. The van der Waals surface area contributed by atoms with Gasteiger partial charge in [-0.2, -0.15) is 5.26 Å². The van der Waals surface area contributed by atoms with Gasteiger partial charge in [0.2, 0.25) is 0 Å². The molecule has 0 radical (unpaired) electrons. The van der Waals surface area contributed by atoms with E-state index in [0.29, 0.717) is 30.4 Å². The molecule has 1 heterocycles. The Balaban J connectivity index is 2.52. The SMILES string of the molecule is CCOc1ccc(-n2nnc(C#N)c2C(C)C)cc1OCC. The van der Waals surface area contributed by atoms with E-state index in [2.05, 4.69) is 16.4 Å². The number of ether oxygens (including phenoxy) is 2. The number of aromatic nitrogens is 3. The quantitative estimate of drug-likeness (QED) is 0.819. The Hall–Kier alpha value is -2.55. The third kappa shape index (κ3) is 3.03. The Morgan fingerprint density at radius 1 is 1.18 bits per heavy atom. The maximum absolute atomic E-state index is 9.17. The molecule has 0 aliphatic heterocycles. The molecule has 0 saturated carbocycles. The van der Waals surface area contributed by atoms with Crippen LogP contribution >= 0.6 is 0 Å². The van der Waals surface area contributed by atoms with Crippen LogP contribution in [0.25, 0.3) is 5.69 Å². The number of benzene rings is 1. The zero-order valence-corrected chi connectivity index (χ0v) is 13.3. The van der Waals surface area contributed by atoms with Gasteiger partial charge in [0.05, 0.1) is 24.6 Å². The average Bonchev–Trinajstić information content (AvgIpc) is 2.93. The zero-order chi connectivity index (χ0) is 16.1. The van der Waals surface area contributed by atoms with E-state index in [1.807, 2.05) is 45.9 Å². The summed E-state index contributed by atoms with van der Waals surface area (Å²) in [4.78, 5) is 0. The van der Waals surface area contributed by atoms with Crippen molar-refractivity contribution in [3.63, 3.8) is 0 Å². The first-order chi connectivity index (χ1) is 10.6. The zero-order valence-electron chi connectivity index (χ0n) is 13.3. The Labute approximate surface area is 130 Å². The first-order valence-corrected chi connectivity index (χ1v) is 7.38. The van der Waals surface area contributed by atoms with E-state index in [0.717, 1.165) is 11.4 Å². The van der Waals surface area contributed by atoms with Crippen molar-refractivity contribution in [3.05, 3.63) is 29.6 Å². The van der Waals surface area contributed by atoms with Crippen molar-refractivity contribution in [2.24, 2.45) is 0 Å². The van der Waals surface area contributed by atoms with Crippen LogP contribution in [0.5, 0.6) is 11.5 Å². The van der Waals surface area contributed by atoms with Gasteiger partial charge in [0.1, 0.15) is 6.07 Å². The highest BCUT2D eigenvalue weighted by Gasteiger charge is 2.18. The van der Waals surface area contributed by atoms with Crippen molar-refractivity contribution in [1.29, 1.82) is 5.26 Å². The minimum Gasteiger partial charge on any atom is -0.490 e. The van der Waals surface area contributed by atoms with Crippen molar-refractivity contribution in [2.75, 3.05) is 13.2 Å². The van der Waals surface area contributed by atoms with Gasteiger partial charge in [-0.05, 0) is 31.9 Å². The minimum atomic E-state index is 0.131. The molecule has 0 fully saturated rings. The minimum absolute atomic E-state index is 0.131. The van der Waals surface area contributed by atoms with Crippen LogP contribution in [-0.4, -0.2) is 28.2 Å². The van der Waals surface area contributed by atoms with Crippen LogP contribution in [0.2, 0.25) is 0 Å². The lowest BCUT2D eigenvalue weighted by Gasteiger charge is -2.14. The summed E-state index contributed by atoms with van der Waals surface area (Å²) in [5, 5.41) is 17.2. The van der Waals surface area contributed by atoms with Gasteiger partial charge < -0.3 is 9.47 Å². The maximum Gasteiger partial charge on any atom is 0.186 e. The molecule has 0 atom stereocenters. The maximum atomic E-state index is 9.17. The number of nitrogens with zero attached hydrogens (tertiary/aromatic N) is 4. The topological polar surface area (TPSA) is 73.0 Å². The average molecular weight is 300 g/mol. The molecule has 2 rings (SSSR count). The second-order valence-electron chi connectivity index (χ2n) is 5.00. The highest BCUT2D eigenvalue weighted by molar-refractivity contribution is 5.50. The monoisotopic (exact) mass is 300 g/mol. The lowest BCUT2D eigenvalue weighted by atomic mass is 10.1. The predicted octanol–water partition coefficient (Wildman–Crippen LogP) is 3.06. The molecule has 0 amide bonds. The van der Waals surface area contributed by atoms with Gasteiger partial charge >= 0.3 is 0 Å². The molecule has 0 bridgehead atoms. The van der Waals surface area contributed by atoms with Crippen LogP contribution in [-0.2, 0) is 0 Å². The van der Waals surface area contributed by atoms with E-state index < -0.39 is 0 Å². The van der Waals surface area contributed by atoms with Crippen LogP contribution < -0.4 is 9.47 Å². The summed E-state index contributed by atoms with van der Waals surface area (Å²) in [6.45, 7) is 8.98. The molecular formula is C16H20N4O2. The molecule has 2 aromatic rings. The summed E-state index contributed by atoms with van der Waals surface area (Å²) in [5.74, 6) is 1.48. The fraction of sp³-hybridized carbons (Fsp3) is 0.438. The molecule has 0 N–H and O–H groups in total. The fourth-order valence-electron chi connectivity index (χ4n) is 2.25. The number of nitriles is 1. The molecule has 0 aliphatic carbocycles. The standard InChI is InChI=1S/C16H20N4O2/c1-5-21-14-8-7-12(9-15(14)22-6-2)20-16(11(3)4)13(10-17)18-19-20/h7-9,11H,5-6H2,1-4H3. The lowest BCUT2D eigenvalue weighted by molar-refractivity contribution is 0.287. The first kappa shape index (κ1) is 15.8. The van der Waals surface area contributed by atoms with Crippen molar-refractivity contribution in [3.8, 4) is 23.3 Å². The molecule has 1 aromatic heterocycles. The number of hydrogen-bond donors (Lipinski definition) is 0. The van der Waals surface area contributed by atoms with Gasteiger partial charge in [-0.25, -0.2) is 4.68 Å². The summed E-state index contributed by atoms with van der Waals surface area (Å²) in [5.41, 5.74) is 1.93. The van der Waals surface area contributed by atoms with E-state index in [1.54, 1.807) is 4.68 Å². The molecular weight excluding hydrogens is 280 g/mol. The molecule has 6 nitrogen and oxygen atoms in total. The molecule has 6 heteroatoms. The van der Waals surface area contributed by atoms with Crippen molar-refractivity contribution >= 4 is 0 Å². The van der Waals surface area contributed by atoms with Crippen LogP contribution in [0.3, 0.4) is 0 Å². The van der Waals surface area contributed by atoms with Gasteiger partial charge in [0.25, 0.3) is 0 Å². The van der Waals surface area contributed by atoms with Crippen molar-refractivity contribution in [2.45, 2.75) is 33.6 Å². The molecule has 0 spiro atoms. The van der Waals surface area contributed by atoms with Gasteiger partial charge in [0.15, 0.2) is 17.2 Å². The van der Waals surface area contributed by atoms with Crippen LogP contribution in [0, 0.1) is 11.3 Å². The Kier molecular flexibility index (Phi) is 4.99. The highest BCUT2D eigenvalue weighted by atomic mass is 16.5. The number of hydrogen-bond acceptors (Lipinski definition) is 5. The van der Waals surface area contributed by atoms with Gasteiger partial charge in [-0.3, -0.25) is 0 Å². The second kappa shape index (κ2) is 6.94. The normalized spacial score (nSPS) is 10.5. The Bertz CT molecular complexity index is 686. The third-order valence-electron chi connectivity index (χ3n) is 3.13. The molecule has 116 valence electrons. The molecule has 0 aliphatic rings. The summed E-state index contributed by atoms with van der Waals surface area (Å²) < 4.78 is 12.9. The molecule has 22 heavy (non-hydrogen) atoms. The third-order valence-corrected chi connectivity index (χ3v) is 3.13. The predicted molar refractivity (Wildman–Crippen MR) is 82.5 cm³/mol. The summed E-state index contributed by atoms with van der Waals surface area (Å²) in [7, 11) is 0. The van der Waals surface area contributed by atoms with E-state index >= 15 is 0 Å². The van der Waals surface area contributed by atoms with E-state index in [1.165, 1.54) is 0 Å².